The van der Waals surface area contributed by atoms with Crippen molar-refractivity contribution in [3.05, 3.63) is 53.6 Å². The van der Waals surface area contributed by atoms with Gasteiger partial charge in [0.15, 0.2) is 0 Å². The summed E-state index contributed by atoms with van der Waals surface area (Å²) in [5.74, 6) is -0.0659. The third kappa shape index (κ3) is 3.20. The highest BCUT2D eigenvalue weighted by atomic mass is 35.5. The monoisotopic (exact) mass is 317 g/mol. The molecular formula is C16H16ClN3O2. The maximum atomic E-state index is 12.0. The van der Waals surface area contributed by atoms with E-state index in [0.29, 0.717) is 24.4 Å². The van der Waals surface area contributed by atoms with Gasteiger partial charge < -0.3 is 9.88 Å². The molecule has 1 heterocycles. The standard InChI is InChI=1S/C16H16ClN3O2/c17-13-3-1-11(2-4-13)15(20-6-5-18-10-20)9-19-16(22)12-7-14(21)8-12/h1-6,10,12,15H,7-9H2,(H,19,22). The van der Waals surface area contributed by atoms with Crippen molar-refractivity contribution in [2.24, 2.45) is 5.92 Å². The molecule has 1 aliphatic rings. The number of Topliss-reactive ketones (excluding diaryl/α,β-unsaturated/α-hetero) is 1. The molecule has 22 heavy (non-hydrogen) atoms. The molecule has 1 aromatic heterocycles. The van der Waals surface area contributed by atoms with Crippen LogP contribution in [0.4, 0.5) is 0 Å². The first-order valence-electron chi connectivity index (χ1n) is 7.16. The van der Waals surface area contributed by atoms with Gasteiger partial charge in [0.1, 0.15) is 5.78 Å². The molecule has 1 amide bonds. The Labute approximate surface area is 133 Å². The summed E-state index contributed by atoms with van der Waals surface area (Å²) in [6, 6.07) is 7.47. The molecule has 6 heteroatoms. The second kappa shape index (κ2) is 6.32. The molecule has 2 aromatic rings. The van der Waals surface area contributed by atoms with Crippen LogP contribution in [0.2, 0.25) is 5.02 Å². The lowest BCUT2D eigenvalue weighted by molar-refractivity contribution is -0.138. The second-order valence-corrected chi connectivity index (χ2v) is 5.90. The number of carbonyl (C=O) groups excluding carboxylic acids is 2. The van der Waals surface area contributed by atoms with Crippen molar-refractivity contribution in [2.45, 2.75) is 18.9 Å². The predicted molar refractivity (Wildman–Crippen MR) is 82.6 cm³/mol. The van der Waals surface area contributed by atoms with Crippen LogP contribution in [0.15, 0.2) is 43.0 Å². The molecule has 0 saturated heterocycles. The van der Waals surface area contributed by atoms with Crippen LogP contribution in [0.1, 0.15) is 24.4 Å². The van der Waals surface area contributed by atoms with E-state index in [1.54, 1.807) is 12.5 Å². The van der Waals surface area contributed by atoms with Crippen molar-refractivity contribution in [1.82, 2.24) is 14.9 Å². The van der Waals surface area contributed by atoms with Crippen LogP contribution < -0.4 is 5.32 Å². The Morgan fingerprint density at radius 2 is 2.09 bits per heavy atom. The zero-order valence-electron chi connectivity index (χ0n) is 11.9. The van der Waals surface area contributed by atoms with Crippen LogP contribution in [-0.4, -0.2) is 27.8 Å². The van der Waals surface area contributed by atoms with E-state index in [-0.39, 0.29) is 23.7 Å². The van der Waals surface area contributed by atoms with Gasteiger partial charge in [-0.15, -0.1) is 0 Å². The summed E-state index contributed by atoms with van der Waals surface area (Å²) >= 11 is 5.93. The summed E-state index contributed by atoms with van der Waals surface area (Å²) in [6.07, 6.45) is 6.01. The van der Waals surface area contributed by atoms with Crippen molar-refractivity contribution in [2.75, 3.05) is 6.54 Å². The van der Waals surface area contributed by atoms with Gasteiger partial charge in [0.25, 0.3) is 0 Å². The fourth-order valence-corrected chi connectivity index (χ4v) is 2.68. The zero-order valence-corrected chi connectivity index (χ0v) is 12.7. The number of ketones is 1. The Morgan fingerprint density at radius 3 is 2.68 bits per heavy atom. The lowest BCUT2D eigenvalue weighted by atomic mass is 9.83. The molecule has 5 nitrogen and oxygen atoms in total. The molecule has 1 N–H and O–H groups in total. The average Bonchev–Trinajstić information content (AvgIpc) is 3.00. The fourth-order valence-electron chi connectivity index (χ4n) is 2.55. The predicted octanol–water partition coefficient (Wildman–Crippen LogP) is 2.22. The molecule has 1 aliphatic carbocycles. The van der Waals surface area contributed by atoms with E-state index in [1.807, 2.05) is 35.0 Å². The summed E-state index contributed by atoms with van der Waals surface area (Å²) in [7, 11) is 0. The van der Waals surface area contributed by atoms with Gasteiger partial charge in [-0.05, 0) is 17.7 Å². The van der Waals surface area contributed by atoms with Gasteiger partial charge in [-0.1, -0.05) is 23.7 Å². The smallest absolute Gasteiger partial charge is 0.224 e. The Balaban J connectivity index is 1.71. The number of nitrogens with zero attached hydrogens (tertiary/aromatic N) is 2. The highest BCUT2D eigenvalue weighted by Gasteiger charge is 2.32. The summed E-state index contributed by atoms with van der Waals surface area (Å²) < 4.78 is 1.94. The van der Waals surface area contributed by atoms with Gasteiger partial charge in [-0.2, -0.15) is 0 Å². The molecule has 114 valence electrons. The number of benzene rings is 1. The average molecular weight is 318 g/mol. The van der Waals surface area contributed by atoms with E-state index in [0.717, 1.165) is 5.56 Å². The number of imidazole rings is 1. The van der Waals surface area contributed by atoms with E-state index < -0.39 is 0 Å². The van der Waals surface area contributed by atoms with Crippen LogP contribution in [0.3, 0.4) is 0 Å². The molecule has 3 rings (SSSR count). The molecule has 1 unspecified atom stereocenters. The number of hydrogen-bond donors (Lipinski definition) is 1. The van der Waals surface area contributed by atoms with Crippen molar-refractivity contribution < 1.29 is 9.59 Å². The molecule has 0 spiro atoms. The molecule has 1 saturated carbocycles. The second-order valence-electron chi connectivity index (χ2n) is 5.47. The van der Waals surface area contributed by atoms with Crippen LogP contribution in [0.5, 0.6) is 0 Å². The molecular weight excluding hydrogens is 302 g/mol. The van der Waals surface area contributed by atoms with Gasteiger partial charge in [-0.3, -0.25) is 9.59 Å². The summed E-state index contributed by atoms with van der Waals surface area (Å²) in [4.78, 5) is 27.1. The third-order valence-electron chi connectivity index (χ3n) is 3.93. The number of hydrogen-bond acceptors (Lipinski definition) is 3. The first kappa shape index (κ1) is 14.8. The summed E-state index contributed by atoms with van der Waals surface area (Å²) in [5.41, 5.74) is 1.03. The molecule has 0 aliphatic heterocycles. The van der Waals surface area contributed by atoms with Gasteiger partial charge in [0.2, 0.25) is 5.91 Å². The van der Waals surface area contributed by atoms with E-state index in [4.69, 9.17) is 11.6 Å². The Bertz CT molecular complexity index is 659. The van der Waals surface area contributed by atoms with Gasteiger partial charge in [0, 0.05) is 36.8 Å². The van der Waals surface area contributed by atoms with E-state index in [9.17, 15) is 9.59 Å². The van der Waals surface area contributed by atoms with Crippen LogP contribution in [0, 0.1) is 5.92 Å². The van der Waals surface area contributed by atoms with E-state index in [2.05, 4.69) is 10.3 Å². The van der Waals surface area contributed by atoms with Crippen LogP contribution >= 0.6 is 11.6 Å². The summed E-state index contributed by atoms with van der Waals surface area (Å²) in [6.45, 7) is 0.446. The Hall–Kier alpha value is -2.14. The Kier molecular flexibility index (Phi) is 4.24. The normalized spacial score (nSPS) is 16.1. The lowest BCUT2D eigenvalue weighted by Gasteiger charge is -2.25. The first-order valence-corrected chi connectivity index (χ1v) is 7.53. The molecule has 1 atom stereocenters. The maximum Gasteiger partial charge on any atom is 0.224 e. The number of rotatable bonds is 5. The molecule has 1 fully saturated rings. The number of carbonyl (C=O) groups is 2. The van der Waals surface area contributed by atoms with Gasteiger partial charge in [0.05, 0.1) is 18.3 Å². The third-order valence-corrected chi connectivity index (χ3v) is 4.18. The topological polar surface area (TPSA) is 64.0 Å². The van der Waals surface area contributed by atoms with Crippen LogP contribution in [0.25, 0.3) is 0 Å². The lowest BCUT2D eigenvalue weighted by Crippen LogP contribution is -2.41. The number of nitrogens with one attached hydrogen (secondary N) is 1. The fraction of sp³-hybridized carbons (Fsp3) is 0.312. The largest absolute Gasteiger partial charge is 0.353 e. The Morgan fingerprint density at radius 1 is 1.36 bits per heavy atom. The summed E-state index contributed by atoms with van der Waals surface area (Å²) in [5, 5.41) is 3.61. The minimum absolute atomic E-state index is 0.0560. The number of amides is 1. The highest BCUT2D eigenvalue weighted by Crippen LogP contribution is 2.24. The molecule has 0 bridgehead atoms. The quantitative estimate of drug-likeness (QED) is 0.919. The van der Waals surface area contributed by atoms with Crippen molar-refractivity contribution in [3.8, 4) is 0 Å². The maximum absolute atomic E-state index is 12.0. The van der Waals surface area contributed by atoms with E-state index >= 15 is 0 Å². The van der Waals surface area contributed by atoms with Crippen molar-refractivity contribution in [3.63, 3.8) is 0 Å². The zero-order chi connectivity index (χ0) is 15.5. The molecule has 0 radical (unpaired) electrons. The van der Waals surface area contributed by atoms with Crippen molar-refractivity contribution >= 4 is 23.3 Å². The first-order chi connectivity index (χ1) is 10.6. The number of aromatic nitrogens is 2. The van der Waals surface area contributed by atoms with Gasteiger partial charge >= 0.3 is 0 Å². The minimum atomic E-state index is -0.166. The number of halogens is 1. The molecule has 1 aromatic carbocycles. The van der Waals surface area contributed by atoms with Gasteiger partial charge in [-0.25, -0.2) is 4.98 Å². The van der Waals surface area contributed by atoms with Crippen molar-refractivity contribution in [1.29, 1.82) is 0 Å². The van der Waals surface area contributed by atoms with E-state index in [1.165, 1.54) is 0 Å². The SMILES string of the molecule is O=C1CC(C(=O)NCC(c2ccc(Cl)cc2)n2ccnc2)C1. The van der Waals surface area contributed by atoms with Crippen LogP contribution in [-0.2, 0) is 9.59 Å². The highest BCUT2D eigenvalue weighted by molar-refractivity contribution is 6.30. The minimum Gasteiger partial charge on any atom is -0.353 e.